The third kappa shape index (κ3) is 3.19. The number of anilines is 4. The van der Waals surface area contributed by atoms with Crippen molar-refractivity contribution in [3.8, 4) is 0 Å². The molecule has 0 aliphatic heterocycles. The van der Waals surface area contributed by atoms with E-state index < -0.39 is 0 Å². The van der Waals surface area contributed by atoms with E-state index in [1.807, 2.05) is 0 Å². The Kier molecular flexibility index (Phi) is 4.65. The van der Waals surface area contributed by atoms with Gasteiger partial charge in [0.05, 0.1) is 10.2 Å². The fraction of sp³-hybridized carbons (Fsp3) is 0. The van der Waals surface area contributed by atoms with Crippen molar-refractivity contribution in [3.63, 3.8) is 0 Å². The zero-order chi connectivity index (χ0) is 12.4. The molecule has 0 bridgehead atoms. The van der Waals surface area contributed by atoms with E-state index in [-0.39, 0.29) is 17.3 Å². The minimum absolute atomic E-state index is 0. The Hall–Kier alpha value is -1.64. The SMILES string of the molecule is Nc1ccc(Nc2nc(Cl)ncc2Br)c(N)n1.[N]. The summed E-state index contributed by atoms with van der Waals surface area (Å²) in [6, 6.07) is 3.34. The molecule has 0 unspecified atom stereocenters. The molecule has 2 aromatic rings. The first-order valence-electron chi connectivity index (χ1n) is 4.53. The molecule has 0 atom stereocenters. The molecule has 0 saturated heterocycles. The van der Waals surface area contributed by atoms with E-state index in [2.05, 4.69) is 36.2 Å². The summed E-state index contributed by atoms with van der Waals surface area (Å²) in [4.78, 5) is 11.8. The van der Waals surface area contributed by atoms with Gasteiger partial charge >= 0.3 is 0 Å². The van der Waals surface area contributed by atoms with E-state index in [1.165, 1.54) is 0 Å². The number of nitrogens with zero attached hydrogens (tertiary/aromatic N) is 4. The van der Waals surface area contributed by atoms with Gasteiger partial charge in [-0.25, -0.2) is 9.97 Å². The largest absolute Gasteiger partial charge is 0.384 e. The Labute approximate surface area is 117 Å². The van der Waals surface area contributed by atoms with E-state index in [9.17, 15) is 0 Å². The summed E-state index contributed by atoms with van der Waals surface area (Å²) in [6.07, 6.45) is 1.54. The molecule has 18 heavy (non-hydrogen) atoms. The number of hydrogen-bond acceptors (Lipinski definition) is 6. The Morgan fingerprint density at radius 2 is 1.94 bits per heavy atom. The van der Waals surface area contributed by atoms with Gasteiger partial charge in [0.1, 0.15) is 17.5 Å². The van der Waals surface area contributed by atoms with Gasteiger partial charge < -0.3 is 16.8 Å². The molecular formula is C9H8BrClN7. The zero-order valence-corrected chi connectivity index (χ0v) is 11.3. The van der Waals surface area contributed by atoms with Crippen LogP contribution in [-0.4, -0.2) is 15.0 Å². The van der Waals surface area contributed by atoms with Crippen molar-refractivity contribution < 1.29 is 0 Å². The first kappa shape index (κ1) is 14.4. The Morgan fingerprint density at radius 1 is 1.22 bits per heavy atom. The van der Waals surface area contributed by atoms with Crippen LogP contribution in [0.2, 0.25) is 5.28 Å². The number of pyridine rings is 1. The van der Waals surface area contributed by atoms with Crippen LogP contribution >= 0.6 is 27.5 Å². The standard InChI is InChI=1S/C9H8BrClN6.N/c10-4-3-14-9(11)17-8(4)15-5-1-2-6(12)16-7(5)13;/h1-3H,(H4,12,13,16)(H,14,15,17);. The minimum Gasteiger partial charge on any atom is -0.384 e. The van der Waals surface area contributed by atoms with Gasteiger partial charge in [0.15, 0.2) is 0 Å². The van der Waals surface area contributed by atoms with Gasteiger partial charge in [-0.3, -0.25) is 0 Å². The van der Waals surface area contributed by atoms with E-state index in [4.69, 9.17) is 23.1 Å². The molecule has 7 nitrogen and oxygen atoms in total. The molecule has 0 amide bonds. The maximum absolute atomic E-state index is 5.71. The topological polar surface area (TPSA) is 133 Å². The minimum atomic E-state index is 0. The molecule has 0 spiro atoms. The second-order valence-electron chi connectivity index (χ2n) is 3.13. The highest BCUT2D eigenvalue weighted by molar-refractivity contribution is 9.10. The van der Waals surface area contributed by atoms with Crippen LogP contribution in [0.4, 0.5) is 23.1 Å². The smallest absolute Gasteiger partial charge is 0.224 e. The number of rotatable bonds is 2. The molecule has 93 valence electrons. The molecule has 9 heteroatoms. The van der Waals surface area contributed by atoms with Gasteiger partial charge in [-0.2, -0.15) is 4.98 Å². The van der Waals surface area contributed by atoms with Gasteiger partial charge in [-0.05, 0) is 39.7 Å². The van der Waals surface area contributed by atoms with Crippen LogP contribution in [0, 0.1) is 0 Å². The molecule has 2 heterocycles. The van der Waals surface area contributed by atoms with Crippen LogP contribution in [0.15, 0.2) is 22.8 Å². The predicted octanol–water partition coefficient (Wildman–Crippen LogP) is 1.71. The first-order chi connectivity index (χ1) is 8.06. The normalized spacial score (nSPS) is 9.67. The lowest BCUT2D eigenvalue weighted by molar-refractivity contribution is 1.15. The van der Waals surface area contributed by atoms with Crippen molar-refractivity contribution >= 4 is 50.7 Å². The summed E-state index contributed by atoms with van der Waals surface area (Å²) in [7, 11) is 0. The van der Waals surface area contributed by atoms with Crippen molar-refractivity contribution in [3.05, 3.63) is 28.1 Å². The van der Waals surface area contributed by atoms with Gasteiger partial charge in [-0.15, -0.1) is 0 Å². The highest BCUT2D eigenvalue weighted by atomic mass is 79.9. The summed E-state index contributed by atoms with van der Waals surface area (Å²) >= 11 is 8.99. The maximum Gasteiger partial charge on any atom is 0.224 e. The average Bonchev–Trinajstić information content (AvgIpc) is 2.27. The van der Waals surface area contributed by atoms with Crippen molar-refractivity contribution in [2.24, 2.45) is 0 Å². The lowest BCUT2D eigenvalue weighted by Crippen LogP contribution is -2.03. The number of nitrogens with one attached hydrogen (secondary N) is 1. The lowest BCUT2D eigenvalue weighted by atomic mass is 10.3. The van der Waals surface area contributed by atoms with Crippen LogP contribution < -0.4 is 22.9 Å². The van der Waals surface area contributed by atoms with E-state index in [0.29, 0.717) is 21.8 Å². The van der Waals surface area contributed by atoms with Crippen LogP contribution in [-0.2, 0) is 0 Å². The summed E-state index contributed by atoms with van der Waals surface area (Å²) in [6.45, 7) is 0. The highest BCUT2D eigenvalue weighted by Crippen LogP contribution is 2.26. The lowest BCUT2D eigenvalue weighted by Gasteiger charge is -2.09. The maximum atomic E-state index is 5.71. The summed E-state index contributed by atoms with van der Waals surface area (Å²) in [5, 5.41) is 3.12. The Balaban J connectivity index is 0.00000162. The molecule has 0 aliphatic carbocycles. The second kappa shape index (κ2) is 5.80. The van der Waals surface area contributed by atoms with Crippen LogP contribution in [0.5, 0.6) is 0 Å². The van der Waals surface area contributed by atoms with Crippen LogP contribution in [0.25, 0.3) is 0 Å². The number of nitrogen functional groups attached to an aromatic ring is 2. The first-order valence-corrected chi connectivity index (χ1v) is 5.70. The molecular weight excluding hydrogens is 322 g/mol. The number of halogens is 2. The molecule has 2 rings (SSSR count). The number of hydrogen-bond donors (Lipinski definition) is 3. The van der Waals surface area contributed by atoms with Gasteiger partial charge in [0.2, 0.25) is 5.28 Å². The summed E-state index contributed by atoms with van der Waals surface area (Å²) < 4.78 is 0.665. The predicted molar refractivity (Wildman–Crippen MR) is 73.2 cm³/mol. The van der Waals surface area contributed by atoms with Crippen molar-refractivity contribution in [2.75, 3.05) is 16.8 Å². The van der Waals surface area contributed by atoms with Gasteiger partial charge in [0.25, 0.3) is 0 Å². The number of aromatic nitrogens is 3. The fourth-order valence-corrected chi connectivity index (χ4v) is 1.58. The zero-order valence-electron chi connectivity index (χ0n) is 8.93. The van der Waals surface area contributed by atoms with Crippen LogP contribution in [0.1, 0.15) is 0 Å². The third-order valence-corrected chi connectivity index (χ3v) is 2.68. The molecule has 0 saturated carbocycles. The number of nitrogens with two attached hydrogens (primary N) is 2. The van der Waals surface area contributed by atoms with Crippen molar-refractivity contribution in [1.82, 2.24) is 21.1 Å². The quantitative estimate of drug-likeness (QED) is 0.718. The molecule has 3 radical (unpaired) electrons. The molecule has 0 aliphatic rings. The average molecular weight is 330 g/mol. The Morgan fingerprint density at radius 3 is 2.61 bits per heavy atom. The van der Waals surface area contributed by atoms with E-state index in [0.717, 1.165) is 0 Å². The van der Waals surface area contributed by atoms with Crippen molar-refractivity contribution in [2.45, 2.75) is 0 Å². The van der Waals surface area contributed by atoms with Crippen molar-refractivity contribution in [1.29, 1.82) is 0 Å². The molecule has 5 N–H and O–H groups in total. The Bertz CT molecular complexity index is 563. The fourth-order valence-electron chi connectivity index (χ4n) is 1.16. The third-order valence-electron chi connectivity index (χ3n) is 1.91. The van der Waals surface area contributed by atoms with E-state index >= 15 is 0 Å². The monoisotopic (exact) mass is 328 g/mol. The summed E-state index contributed by atoms with van der Waals surface area (Å²) in [5.74, 6) is 1.14. The molecule has 2 aromatic heterocycles. The molecule has 0 aromatic carbocycles. The van der Waals surface area contributed by atoms with Gasteiger partial charge in [0, 0.05) is 12.3 Å². The van der Waals surface area contributed by atoms with Gasteiger partial charge in [-0.1, -0.05) is 0 Å². The van der Waals surface area contributed by atoms with Crippen LogP contribution in [0.3, 0.4) is 0 Å². The summed E-state index contributed by atoms with van der Waals surface area (Å²) in [5.41, 5.74) is 11.8. The van der Waals surface area contributed by atoms with E-state index in [1.54, 1.807) is 18.3 Å². The highest BCUT2D eigenvalue weighted by Gasteiger charge is 2.07. The molecule has 0 fully saturated rings. The second-order valence-corrected chi connectivity index (χ2v) is 4.32.